The SMILES string of the molecule is CCN(CC)CC(c1c(F)cccc1F)N1CCNCC1. The molecule has 1 fully saturated rings. The van der Waals surface area contributed by atoms with Crippen LogP contribution in [0.25, 0.3) is 0 Å². The number of piperazine rings is 1. The molecular weight excluding hydrogens is 272 g/mol. The van der Waals surface area contributed by atoms with Gasteiger partial charge in [0, 0.05) is 38.3 Å². The quantitative estimate of drug-likeness (QED) is 0.869. The number of rotatable bonds is 6. The first-order chi connectivity index (χ1) is 10.2. The highest BCUT2D eigenvalue weighted by Gasteiger charge is 2.28. The molecule has 0 spiro atoms. The van der Waals surface area contributed by atoms with Gasteiger partial charge in [0.15, 0.2) is 0 Å². The van der Waals surface area contributed by atoms with Gasteiger partial charge in [-0.1, -0.05) is 19.9 Å². The molecule has 1 unspecified atom stereocenters. The second-order valence-corrected chi connectivity index (χ2v) is 5.42. The van der Waals surface area contributed by atoms with E-state index in [0.29, 0.717) is 6.54 Å². The average Bonchev–Trinajstić information content (AvgIpc) is 2.51. The maximum absolute atomic E-state index is 14.2. The van der Waals surface area contributed by atoms with Crippen LogP contribution in [0.4, 0.5) is 8.78 Å². The largest absolute Gasteiger partial charge is 0.314 e. The van der Waals surface area contributed by atoms with Crippen molar-refractivity contribution in [3.63, 3.8) is 0 Å². The molecule has 5 heteroatoms. The predicted molar refractivity (Wildman–Crippen MR) is 81.3 cm³/mol. The molecule has 3 nitrogen and oxygen atoms in total. The van der Waals surface area contributed by atoms with Crippen LogP contribution in [0.3, 0.4) is 0 Å². The van der Waals surface area contributed by atoms with Gasteiger partial charge in [-0.05, 0) is 25.2 Å². The van der Waals surface area contributed by atoms with Crippen LogP contribution in [0.15, 0.2) is 18.2 Å². The first-order valence-electron chi connectivity index (χ1n) is 7.78. The lowest BCUT2D eigenvalue weighted by atomic mass is 10.0. The van der Waals surface area contributed by atoms with E-state index in [0.717, 1.165) is 39.3 Å². The van der Waals surface area contributed by atoms with Gasteiger partial charge in [-0.25, -0.2) is 8.78 Å². The van der Waals surface area contributed by atoms with E-state index in [9.17, 15) is 8.78 Å². The van der Waals surface area contributed by atoms with Crippen molar-refractivity contribution in [3.05, 3.63) is 35.4 Å². The molecule has 0 aromatic heterocycles. The monoisotopic (exact) mass is 297 g/mol. The molecule has 1 aliphatic heterocycles. The maximum Gasteiger partial charge on any atom is 0.130 e. The van der Waals surface area contributed by atoms with Crippen molar-refractivity contribution in [3.8, 4) is 0 Å². The second kappa shape index (κ2) is 7.82. The van der Waals surface area contributed by atoms with Crippen molar-refractivity contribution in [1.29, 1.82) is 0 Å². The Morgan fingerprint density at radius 1 is 1.14 bits per heavy atom. The Morgan fingerprint density at radius 3 is 2.24 bits per heavy atom. The standard InChI is InChI=1S/C16H25F2N3/c1-3-20(4-2)12-15(21-10-8-19-9-11-21)16-13(17)6-5-7-14(16)18/h5-7,15,19H,3-4,8-12H2,1-2H3. The third-order valence-corrected chi connectivity index (χ3v) is 4.25. The fraction of sp³-hybridized carbons (Fsp3) is 0.625. The maximum atomic E-state index is 14.2. The minimum atomic E-state index is -0.439. The van der Waals surface area contributed by atoms with Crippen LogP contribution in [0.2, 0.25) is 0 Å². The minimum absolute atomic E-state index is 0.214. The van der Waals surface area contributed by atoms with Crippen LogP contribution in [0, 0.1) is 11.6 Å². The van der Waals surface area contributed by atoms with Crippen molar-refractivity contribution >= 4 is 0 Å². The molecule has 1 saturated heterocycles. The van der Waals surface area contributed by atoms with E-state index in [1.165, 1.54) is 18.2 Å². The molecule has 1 aromatic rings. The molecule has 0 aliphatic carbocycles. The van der Waals surface area contributed by atoms with Gasteiger partial charge < -0.3 is 10.2 Å². The molecule has 21 heavy (non-hydrogen) atoms. The van der Waals surface area contributed by atoms with Crippen molar-refractivity contribution in [2.45, 2.75) is 19.9 Å². The van der Waals surface area contributed by atoms with Gasteiger partial charge in [-0.3, -0.25) is 4.90 Å². The zero-order valence-electron chi connectivity index (χ0n) is 12.9. The topological polar surface area (TPSA) is 18.5 Å². The molecule has 1 aliphatic rings. The van der Waals surface area contributed by atoms with Crippen molar-refractivity contribution < 1.29 is 8.78 Å². The highest BCUT2D eigenvalue weighted by Crippen LogP contribution is 2.27. The van der Waals surface area contributed by atoms with E-state index in [-0.39, 0.29) is 11.6 Å². The number of hydrogen-bond acceptors (Lipinski definition) is 3. The lowest BCUT2D eigenvalue weighted by Crippen LogP contribution is -2.48. The Hall–Kier alpha value is -1.04. The Bertz CT molecular complexity index is 423. The first kappa shape index (κ1) is 16.3. The van der Waals surface area contributed by atoms with E-state index in [1.54, 1.807) is 0 Å². The molecule has 0 saturated carbocycles. The number of nitrogens with zero attached hydrogens (tertiary/aromatic N) is 2. The summed E-state index contributed by atoms with van der Waals surface area (Å²) >= 11 is 0. The summed E-state index contributed by atoms with van der Waals surface area (Å²) in [4.78, 5) is 4.41. The normalized spacial score (nSPS) is 18.1. The fourth-order valence-corrected chi connectivity index (χ4v) is 2.94. The Labute approximate surface area is 125 Å². The molecule has 0 amide bonds. The molecule has 1 atom stereocenters. The van der Waals surface area contributed by atoms with Gasteiger partial charge in [-0.15, -0.1) is 0 Å². The van der Waals surface area contributed by atoms with Crippen molar-refractivity contribution in [2.75, 3.05) is 45.8 Å². The Morgan fingerprint density at radius 2 is 1.71 bits per heavy atom. The van der Waals surface area contributed by atoms with E-state index in [1.807, 2.05) is 0 Å². The minimum Gasteiger partial charge on any atom is -0.314 e. The average molecular weight is 297 g/mol. The molecule has 118 valence electrons. The number of likely N-dealkylation sites (N-methyl/N-ethyl adjacent to an activating group) is 1. The lowest BCUT2D eigenvalue weighted by molar-refractivity contribution is 0.124. The van der Waals surface area contributed by atoms with Gasteiger partial charge >= 0.3 is 0 Å². The highest BCUT2D eigenvalue weighted by atomic mass is 19.1. The van der Waals surface area contributed by atoms with E-state index >= 15 is 0 Å². The summed E-state index contributed by atoms with van der Waals surface area (Å²) in [6.07, 6.45) is 0. The third-order valence-electron chi connectivity index (χ3n) is 4.25. The summed E-state index contributed by atoms with van der Waals surface area (Å²) in [7, 11) is 0. The Balaban J connectivity index is 2.29. The number of benzene rings is 1. The highest BCUT2D eigenvalue weighted by molar-refractivity contribution is 5.24. The van der Waals surface area contributed by atoms with Crippen LogP contribution in [0.5, 0.6) is 0 Å². The van der Waals surface area contributed by atoms with Crippen LogP contribution in [-0.2, 0) is 0 Å². The molecule has 1 heterocycles. The summed E-state index contributed by atoms with van der Waals surface area (Å²) in [6, 6.07) is 3.92. The van der Waals surface area contributed by atoms with Crippen LogP contribution >= 0.6 is 0 Å². The van der Waals surface area contributed by atoms with E-state index < -0.39 is 11.6 Å². The van der Waals surface area contributed by atoms with Crippen LogP contribution in [-0.4, -0.2) is 55.6 Å². The molecule has 0 bridgehead atoms. The molecular formula is C16H25F2N3. The van der Waals surface area contributed by atoms with Crippen LogP contribution < -0.4 is 5.32 Å². The number of hydrogen-bond donors (Lipinski definition) is 1. The Kier molecular flexibility index (Phi) is 6.08. The van der Waals surface area contributed by atoms with Crippen LogP contribution in [0.1, 0.15) is 25.5 Å². The molecule has 1 N–H and O–H groups in total. The summed E-state index contributed by atoms with van der Waals surface area (Å²) in [6.45, 7) is 9.95. The van der Waals surface area contributed by atoms with Gasteiger partial charge in [0.25, 0.3) is 0 Å². The number of halogens is 2. The smallest absolute Gasteiger partial charge is 0.130 e. The summed E-state index contributed by atoms with van der Waals surface area (Å²) in [5.74, 6) is -0.878. The van der Waals surface area contributed by atoms with Crippen molar-refractivity contribution in [1.82, 2.24) is 15.1 Å². The molecule has 2 rings (SSSR count). The molecule has 1 aromatic carbocycles. The molecule has 0 radical (unpaired) electrons. The lowest BCUT2D eigenvalue weighted by Gasteiger charge is -2.38. The zero-order valence-corrected chi connectivity index (χ0v) is 12.9. The summed E-state index contributed by atoms with van der Waals surface area (Å²) < 4.78 is 28.4. The van der Waals surface area contributed by atoms with Crippen molar-refractivity contribution in [2.24, 2.45) is 0 Å². The van der Waals surface area contributed by atoms with E-state index in [4.69, 9.17) is 0 Å². The zero-order chi connectivity index (χ0) is 15.2. The second-order valence-electron chi connectivity index (χ2n) is 5.42. The number of nitrogens with one attached hydrogen (secondary N) is 1. The summed E-state index contributed by atoms with van der Waals surface area (Å²) in [5.41, 5.74) is 0.214. The van der Waals surface area contributed by atoms with Gasteiger partial charge in [0.1, 0.15) is 11.6 Å². The third kappa shape index (κ3) is 3.99. The van der Waals surface area contributed by atoms with E-state index in [2.05, 4.69) is 29.0 Å². The van der Waals surface area contributed by atoms with Gasteiger partial charge in [-0.2, -0.15) is 0 Å². The van der Waals surface area contributed by atoms with Gasteiger partial charge in [0.2, 0.25) is 0 Å². The predicted octanol–water partition coefficient (Wildman–Crippen LogP) is 2.25. The van der Waals surface area contributed by atoms with Gasteiger partial charge in [0.05, 0.1) is 6.04 Å². The fourth-order valence-electron chi connectivity index (χ4n) is 2.94. The summed E-state index contributed by atoms with van der Waals surface area (Å²) in [5, 5.41) is 3.29. The first-order valence-corrected chi connectivity index (χ1v) is 7.78.